The van der Waals surface area contributed by atoms with Gasteiger partial charge in [0.2, 0.25) is 0 Å². The van der Waals surface area contributed by atoms with Gasteiger partial charge in [0.15, 0.2) is 0 Å². The van der Waals surface area contributed by atoms with Gasteiger partial charge in [-0.25, -0.2) is 0 Å². The molecule has 0 atom stereocenters. The van der Waals surface area contributed by atoms with Crippen LogP contribution in [0.25, 0.3) is 0 Å². The van der Waals surface area contributed by atoms with E-state index in [0.717, 1.165) is 0 Å². The van der Waals surface area contributed by atoms with E-state index >= 15 is 0 Å². The van der Waals surface area contributed by atoms with Crippen molar-refractivity contribution in [2.45, 2.75) is 0 Å². The van der Waals surface area contributed by atoms with Crippen LogP contribution in [-0.2, 0) is 0 Å². The van der Waals surface area contributed by atoms with Gasteiger partial charge in [0.05, 0.1) is 0 Å². The van der Waals surface area contributed by atoms with E-state index in [2.05, 4.69) is 13.2 Å². The molecule has 0 aromatic heterocycles. The van der Waals surface area contributed by atoms with Gasteiger partial charge in [-0.05, 0) is 0 Å². The van der Waals surface area contributed by atoms with Gasteiger partial charge in [-0.15, -0.1) is 13.2 Å². The minimum atomic E-state index is 0. The zero-order valence-electron chi connectivity index (χ0n) is 2.83. The molecule has 0 aliphatic heterocycles. The molecule has 0 rings (SSSR count). The normalized spacial score (nSPS) is 0.667. The summed E-state index contributed by atoms with van der Waals surface area (Å²) in [7, 11) is 0. The van der Waals surface area contributed by atoms with E-state index in [1.165, 1.54) is 0 Å². The summed E-state index contributed by atoms with van der Waals surface area (Å²) in [5.41, 5.74) is 0. The quantitative estimate of drug-likeness (QED) is 0.350. The topological polar surface area (TPSA) is 70.0 Å². The predicted octanol–water partition coefficient (Wildman–Crippen LogP) is -0.706. The molecule has 6 heavy (non-hydrogen) atoms. The van der Waals surface area contributed by atoms with Crippen molar-refractivity contribution >= 4 is 75.5 Å². The predicted molar refractivity (Wildman–Crippen MR) is 38.4 cm³/mol. The van der Waals surface area contributed by atoms with Crippen LogP contribution in [0.2, 0.25) is 0 Å². The molecular formula is C2H14Ca2N2. The summed E-state index contributed by atoms with van der Waals surface area (Å²) in [6.07, 6.45) is 0. The summed E-state index contributed by atoms with van der Waals surface area (Å²) in [6.45, 7) is 6.00. The van der Waals surface area contributed by atoms with Crippen LogP contribution >= 0.6 is 0 Å². The second-order valence-electron chi connectivity index (χ2n) is 0. The molecule has 0 spiro atoms. The Kier molecular flexibility index (Phi) is 401. The van der Waals surface area contributed by atoms with Crippen molar-refractivity contribution in [1.82, 2.24) is 12.3 Å². The molecule has 0 heterocycles. The van der Waals surface area contributed by atoms with E-state index in [9.17, 15) is 0 Å². The Balaban J connectivity index is -0.000000000833. The third kappa shape index (κ3) is 34.9. The van der Waals surface area contributed by atoms with E-state index in [0.29, 0.717) is 0 Å². The van der Waals surface area contributed by atoms with Gasteiger partial charge in [-0.3, -0.25) is 0 Å². The molecule has 2 nitrogen and oxygen atoms in total. The molecule has 4 heteroatoms. The zero-order valence-corrected chi connectivity index (χ0v) is 2.83. The van der Waals surface area contributed by atoms with Gasteiger partial charge in [0, 0.05) is 0 Å². The van der Waals surface area contributed by atoms with Gasteiger partial charge >= 0.3 is 75.5 Å². The third-order valence-corrected chi connectivity index (χ3v) is 0. The summed E-state index contributed by atoms with van der Waals surface area (Å²) < 4.78 is 0. The standard InChI is InChI=1S/C2H4.2Ca.2H3N.4H/c1-2;;;;;;;;/h1-2H2;;;2*1H3;;;;. The monoisotopic (exact) mass is 146 g/mol. The van der Waals surface area contributed by atoms with E-state index in [-0.39, 0.29) is 87.8 Å². The Labute approximate surface area is 98.9 Å². The van der Waals surface area contributed by atoms with Crippen LogP contribution in [0.1, 0.15) is 0 Å². The fraction of sp³-hybridized carbons (Fsp3) is 0. The first-order valence-electron chi connectivity index (χ1n) is 0.500. The molecule has 0 bridgehead atoms. The van der Waals surface area contributed by atoms with Crippen LogP contribution in [0.15, 0.2) is 13.2 Å². The Bertz CT molecular complexity index is 9.51. The Morgan fingerprint density at radius 2 is 0.667 bits per heavy atom. The van der Waals surface area contributed by atoms with Gasteiger partial charge < -0.3 is 12.3 Å². The molecule has 0 radical (unpaired) electrons. The van der Waals surface area contributed by atoms with Crippen LogP contribution < -0.4 is 12.3 Å². The Hall–Kier alpha value is 2.18. The van der Waals surface area contributed by atoms with Crippen molar-refractivity contribution in [3.63, 3.8) is 0 Å². The van der Waals surface area contributed by atoms with E-state index in [1.54, 1.807) is 0 Å². The van der Waals surface area contributed by atoms with E-state index in [1.807, 2.05) is 0 Å². The van der Waals surface area contributed by atoms with Crippen molar-refractivity contribution in [3.8, 4) is 0 Å². The van der Waals surface area contributed by atoms with Crippen molar-refractivity contribution < 1.29 is 0 Å². The molecule has 0 aliphatic carbocycles. The first-order valence-corrected chi connectivity index (χ1v) is 0.500. The van der Waals surface area contributed by atoms with Crippen LogP contribution in [-0.4, -0.2) is 75.5 Å². The molecule has 0 aromatic carbocycles. The maximum atomic E-state index is 3.00. The van der Waals surface area contributed by atoms with Crippen LogP contribution in [0, 0.1) is 0 Å². The molecular weight excluding hydrogens is 132 g/mol. The maximum absolute atomic E-state index is 3.00. The molecule has 0 aromatic rings. The number of hydrogen-bond donors (Lipinski definition) is 2. The number of hydrogen-bond acceptors (Lipinski definition) is 2. The molecule has 0 saturated carbocycles. The summed E-state index contributed by atoms with van der Waals surface area (Å²) >= 11 is 0. The molecule has 0 unspecified atom stereocenters. The van der Waals surface area contributed by atoms with Crippen molar-refractivity contribution in [2.75, 3.05) is 0 Å². The molecule has 6 N–H and O–H groups in total. The Morgan fingerprint density at radius 3 is 0.667 bits per heavy atom. The van der Waals surface area contributed by atoms with Crippen molar-refractivity contribution in [3.05, 3.63) is 13.2 Å². The van der Waals surface area contributed by atoms with Crippen molar-refractivity contribution in [2.24, 2.45) is 0 Å². The number of rotatable bonds is 0. The minimum absolute atomic E-state index is 0. The van der Waals surface area contributed by atoms with Gasteiger partial charge in [0.25, 0.3) is 0 Å². The molecule has 0 fully saturated rings. The average Bonchev–Trinajstić information content (AvgIpc) is 1.00. The summed E-state index contributed by atoms with van der Waals surface area (Å²) in [5, 5.41) is 0. The molecule has 0 aliphatic rings. The first kappa shape index (κ1) is 41.7. The molecule has 0 amide bonds. The zero-order chi connectivity index (χ0) is 2.00. The fourth-order valence-corrected chi connectivity index (χ4v) is 0. The van der Waals surface area contributed by atoms with Gasteiger partial charge in [-0.1, -0.05) is 0 Å². The first-order chi connectivity index (χ1) is 1.00. The van der Waals surface area contributed by atoms with Crippen molar-refractivity contribution in [1.29, 1.82) is 0 Å². The SMILES string of the molecule is C=C.N.N.[CaH2].[CaH2]. The summed E-state index contributed by atoms with van der Waals surface area (Å²) in [5.74, 6) is 0. The Morgan fingerprint density at radius 1 is 0.667 bits per heavy atom. The summed E-state index contributed by atoms with van der Waals surface area (Å²) in [6, 6.07) is 0. The van der Waals surface area contributed by atoms with Gasteiger partial charge in [0.1, 0.15) is 0 Å². The molecule has 36 valence electrons. The second-order valence-corrected chi connectivity index (χ2v) is 0. The van der Waals surface area contributed by atoms with E-state index in [4.69, 9.17) is 0 Å². The summed E-state index contributed by atoms with van der Waals surface area (Å²) in [4.78, 5) is 0. The van der Waals surface area contributed by atoms with E-state index < -0.39 is 0 Å². The average molecular weight is 146 g/mol. The van der Waals surface area contributed by atoms with Crippen LogP contribution in [0.4, 0.5) is 0 Å². The van der Waals surface area contributed by atoms with Crippen LogP contribution in [0.3, 0.4) is 0 Å². The van der Waals surface area contributed by atoms with Gasteiger partial charge in [-0.2, -0.15) is 0 Å². The molecule has 0 saturated heterocycles. The second kappa shape index (κ2) is 57.7. The fourth-order valence-electron chi connectivity index (χ4n) is 0. The van der Waals surface area contributed by atoms with Crippen LogP contribution in [0.5, 0.6) is 0 Å². The third-order valence-electron chi connectivity index (χ3n) is 0.